The van der Waals surface area contributed by atoms with E-state index in [2.05, 4.69) is 41.9 Å². The van der Waals surface area contributed by atoms with Gasteiger partial charge in [-0.2, -0.15) is 0 Å². The van der Waals surface area contributed by atoms with Crippen LogP contribution < -0.4 is 0 Å². The van der Waals surface area contributed by atoms with Crippen molar-refractivity contribution in [3.8, 4) is 0 Å². The molecule has 0 aromatic rings. The van der Waals surface area contributed by atoms with E-state index in [1.165, 1.54) is 0 Å². The Morgan fingerprint density at radius 3 is 2.29 bits per heavy atom. The summed E-state index contributed by atoms with van der Waals surface area (Å²) in [5.41, 5.74) is -0.138. The van der Waals surface area contributed by atoms with Gasteiger partial charge in [0.05, 0.1) is 39.5 Å². The molecule has 1 saturated heterocycles. The van der Waals surface area contributed by atoms with Crippen molar-refractivity contribution in [3.63, 3.8) is 0 Å². The van der Waals surface area contributed by atoms with Crippen molar-refractivity contribution >= 4 is 0 Å². The Hall–Kier alpha value is -0.120. The molecule has 3 nitrogen and oxygen atoms in total. The lowest BCUT2D eigenvalue weighted by molar-refractivity contribution is -0.874. The van der Waals surface area contributed by atoms with E-state index in [1.807, 2.05) is 0 Å². The summed E-state index contributed by atoms with van der Waals surface area (Å²) in [7, 11) is 6.52. The van der Waals surface area contributed by atoms with Crippen molar-refractivity contribution in [1.82, 2.24) is 0 Å². The number of hydrogen-bond acceptors (Lipinski definition) is 2. The average Bonchev–Trinajstić information content (AvgIpc) is 1.95. The Labute approximate surface area is 87.6 Å². The Balaban J connectivity index is 2.47. The molecule has 2 atom stereocenters. The summed E-state index contributed by atoms with van der Waals surface area (Å²) in [5.74, 6) is 0. The summed E-state index contributed by atoms with van der Waals surface area (Å²) in [6.07, 6.45) is 0.408. The number of likely N-dealkylation sites (N-methyl/N-ethyl adjacent to an activating group) is 1. The van der Waals surface area contributed by atoms with E-state index < -0.39 is 0 Å². The van der Waals surface area contributed by atoms with Gasteiger partial charge in [0.25, 0.3) is 0 Å². The molecule has 3 heteroatoms. The van der Waals surface area contributed by atoms with Crippen molar-refractivity contribution in [3.05, 3.63) is 0 Å². The average molecular weight is 202 g/mol. The maximum Gasteiger partial charge on any atom is 0.130 e. The highest BCUT2D eigenvalue weighted by Gasteiger charge is 2.37. The van der Waals surface area contributed by atoms with Crippen molar-refractivity contribution < 1.29 is 14.0 Å². The van der Waals surface area contributed by atoms with Crippen molar-refractivity contribution in [2.24, 2.45) is 0 Å². The second-order valence-corrected chi connectivity index (χ2v) is 5.79. The van der Waals surface area contributed by atoms with E-state index in [4.69, 9.17) is 9.47 Å². The lowest BCUT2D eigenvalue weighted by Crippen LogP contribution is -2.54. The minimum atomic E-state index is -0.138. The third-order valence-electron chi connectivity index (χ3n) is 2.77. The molecule has 0 aromatic carbocycles. The van der Waals surface area contributed by atoms with Gasteiger partial charge in [0.2, 0.25) is 0 Å². The lowest BCUT2D eigenvalue weighted by atomic mass is 10.0. The van der Waals surface area contributed by atoms with Gasteiger partial charge in [-0.3, -0.25) is 0 Å². The third kappa shape index (κ3) is 3.23. The highest BCUT2D eigenvalue weighted by Crippen LogP contribution is 2.25. The van der Waals surface area contributed by atoms with Gasteiger partial charge in [0, 0.05) is 0 Å². The quantitative estimate of drug-likeness (QED) is 0.628. The van der Waals surface area contributed by atoms with Gasteiger partial charge in [0.15, 0.2) is 0 Å². The van der Waals surface area contributed by atoms with E-state index >= 15 is 0 Å². The van der Waals surface area contributed by atoms with Crippen LogP contribution in [0.15, 0.2) is 0 Å². The number of ether oxygens (including phenoxy) is 2. The molecule has 0 spiro atoms. The molecule has 84 valence electrons. The first kappa shape index (κ1) is 12.0. The molecule has 1 aliphatic heterocycles. The van der Waals surface area contributed by atoms with Crippen LogP contribution in [0.3, 0.4) is 0 Å². The first-order valence-corrected chi connectivity index (χ1v) is 5.30. The van der Waals surface area contributed by atoms with Crippen molar-refractivity contribution in [2.45, 2.75) is 38.6 Å². The second-order valence-electron chi connectivity index (χ2n) is 5.79. The van der Waals surface area contributed by atoms with Crippen LogP contribution >= 0.6 is 0 Å². The summed E-state index contributed by atoms with van der Waals surface area (Å²) in [4.78, 5) is 0. The maximum atomic E-state index is 5.94. The molecule has 0 unspecified atom stereocenters. The van der Waals surface area contributed by atoms with Crippen LogP contribution in [-0.4, -0.2) is 56.6 Å². The standard InChI is InChI=1S/C11H24NO2/c1-9-11(2,3)13-8-10(14-9)7-12(4,5)6/h9-10H,7-8H2,1-6H3/q+1/t9-,10+/m0/s1. The lowest BCUT2D eigenvalue weighted by Gasteiger charge is -2.42. The predicted molar refractivity (Wildman–Crippen MR) is 57.3 cm³/mol. The molecule has 1 heterocycles. The first-order chi connectivity index (χ1) is 6.21. The topological polar surface area (TPSA) is 18.5 Å². The van der Waals surface area contributed by atoms with E-state index in [9.17, 15) is 0 Å². The number of hydrogen-bond donors (Lipinski definition) is 0. The van der Waals surface area contributed by atoms with Gasteiger partial charge in [-0.1, -0.05) is 0 Å². The highest BCUT2D eigenvalue weighted by atomic mass is 16.6. The molecule has 0 amide bonds. The minimum Gasteiger partial charge on any atom is -0.370 e. The van der Waals surface area contributed by atoms with Crippen LogP contribution in [0.5, 0.6) is 0 Å². The van der Waals surface area contributed by atoms with Crippen molar-refractivity contribution in [1.29, 1.82) is 0 Å². The smallest absolute Gasteiger partial charge is 0.130 e. The Bertz CT molecular complexity index is 196. The van der Waals surface area contributed by atoms with Crippen LogP contribution in [0.1, 0.15) is 20.8 Å². The predicted octanol–water partition coefficient (Wildman–Crippen LogP) is 1.28. The minimum absolute atomic E-state index is 0.138. The second kappa shape index (κ2) is 3.80. The van der Waals surface area contributed by atoms with Gasteiger partial charge < -0.3 is 14.0 Å². The number of quaternary nitrogens is 1. The van der Waals surface area contributed by atoms with Crippen LogP contribution in [0, 0.1) is 0 Å². The fourth-order valence-electron chi connectivity index (χ4n) is 1.62. The molecule has 0 N–H and O–H groups in total. The normalized spacial score (nSPS) is 33.0. The van der Waals surface area contributed by atoms with E-state index in [0.717, 1.165) is 11.0 Å². The number of nitrogens with zero attached hydrogens (tertiary/aromatic N) is 1. The molecule has 0 saturated carbocycles. The van der Waals surface area contributed by atoms with Gasteiger partial charge in [0.1, 0.15) is 12.6 Å². The van der Waals surface area contributed by atoms with E-state index in [-0.39, 0.29) is 17.8 Å². The van der Waals surface area contributed by atoms with Gasteiger partial charge in [-0.25, -0.2) is 0 Å². The fourth-order valence-corrected chi connectivity index (χ4v) is 1.62. The summed E-state index contributed by atoms with van der Waals surface area (Å²) in [6.45, 7) is 7.97. The largest absolute Gasteiger partial charge is 0.370 e. The zero-order chi connectivity index (χ0) is 11.0. The molecule has 0 radical (unpaired) electrons. The molecular weight excluding hydrogens is 178 g/mol. The van der Waals surface area contributed by atoms with E-state index in [1.54, 1.807) is 0 Å². The fraction of sp³-hybridized carbons (Fsp3) is 1.00. The Morgan fingerprint density at radius 1 is 1.29 bits per heavy atom. The zero-order valence-corrected chi connectivity index (χ0v) is 10.3. The highest BCUT2D eigenvalue weighted by molar-refractivity contribution is 4.82. The molecule has 14 heavy (non-hydrogen) atoms. The Kier molecular flexibility index (Phi) is 3.24. The SMILES string of the molecule is C[C@@H]1O[C@H](C[N+](C)(C)C)COC1(C)C. The molecular formula is C11H24NO2+. The summed E-state index contributed by atoms with van der Waals surface area (Å²) in [6, 6.07) is 0. The Morgan fingerprint density at radius 2 is 1.86 bits per heavy atom. The zero-order valence-electron chi connectivity index (χ0n) is 10.3. The van der Waals surface area contributed by atoms with Crippen LogP contribution in [0.2, 0.25) is 0 Å². The molecule has 1 rings (SSSR count). The molecule has 0 aromatic heterocycles. The van der Waals surface area contributed by atoms with Gasteiger partial charge in [-0.05, 0) is 20.8 Å². The maximum absolute atomic E-state index is 5.94. The van der Waals surface area contributed by atoms with E-state index in [0.29, 0.717) is 6.61 Å². The molecule has 0 bridgehead atoms. The molecule has 0 aliphatic carbocycles. The number of rotatable bonds is 2. The van der Waals surface area contributed by atoms with Gasteiger partial charge in [-0.15, -0.1) is 0 Å². The van der Waals surface area contributed by atoms with Crippen molar-refractivity contribution in [2.75, 3.05) is 34.3 Å². The summed E-state index contributed by atoms with van der Waals surface area (Å²) >= 11 is 0. The molecule has 1 aliphatic rings. The van der Waals surface area contributed by atoms with Crippen LogP contribution in [-0.2, 0) is 9.47 Å². The summed E-state index contributed by atoms with van der Waals surface area (Å²) in [5, 5.41) is 0. The van der Waals surface area contributed by atoms with Crippen LogP contribution in [0.4, 0.5) is 0 Å². The summed E-state index contributed by atoms with van der Waals surface area (Å²) < 4.78 is 12.7. The van der Waals surface area contributed by atoms with Gasteiger partial charge >= 0.3 is 0 Å². The monoisotopic (exact) mass is 202 g/mol. The molecule has 1 fully saturated rings. The third-order valence-corrected chi connectivity index (χ3v) is 2.77. The first-order valence-electron chi connectivity index (χ1n) is 5.30. The van der Waals surface area contributed by atoms with Crippen LogP contribution in [0.25, 0.3) is 0 Å².